The van der Waals surface area contributed by atoms with Gasteiger partial charge in [0, 0.05) is 0 Å². The number of hydrogen-bond donors (Lipinski definition) is 0. The number of esters is 1. The average molecular weight is 245 g/mol. The average Bonchev–Trinajstić information content (AvgIpc) is 2.00. The highest BCUT2D eigenvalue weighted by Crippen LogP contribution is 2.48. The predicted octanol–water partition coefficient (Wildman–Crippen LogP) is 2.26. The van der Waals surface area contributed by atoms with E-state index < -0.39 is 23.2 Å². The Kier molecular flexibility index (Phi) is 3.32. The molecule has 0 aliphatic rings. The van der Waals surface area contributed by atoms with E-state index in [1.165, 1.54) is 0 Å². The molecule has 2 nitrogen and oxygen atoms in total. The zero-order valence-electron chi connectivity index (χ0n) is 6.46. The lowest BCUT2D eigenvalue weighted by molar-refractivity contribution is -0.309. The second-order valence-corrected chi connectivity index (χ2v) is 2.66. The van der Waals surface area contributed by atoms with Gasteiger partial charge < -0.3 is 4.74 Å². The van der Waals surface area contributed by atoms with Crippen LogP contribution in [-0.4, -0.2) is 30.3 Å². The molecule has 0 saturated heterocycles. The Morgan fingerprint density at radius 1 is 1.14 bits per heavy atom. The Morgan fingerprint density at radius 2 is 1.50 bits per heavy atom. The van der Waals surface area contributed by atoms with Crippen molar-refractivity contribution >= 4 is 17.6 Å². The second-order valence-electron chi connectivity index (χ2n) is 2.14. The quantitative estimate of drug-likeness (QED) is 0.423. The van der Waals surface area contributed by atoms with Gasteiger partial charge in [0.05, 0.1) is 7.11 Å². The van der Waals surface area contributed by atoms with Crippen molar-refractivity contribution in [3.63, 3.8) is 0 Å². The van der Waals surface area contributed by atoms with Crippen molar-refractivity contribution in [2.75, 3.05) is 7.11 Å². The van der Waals surface area contributed by atoms with Gasteiger partial charge in [0.15, 0.2) is 0 Å². The van der Waals surface area contributed by atoms with Gasteiger partial charge in [-0.3, -0.25) is 0 Å². The minimum atomic E-state index is -6.28. The summed E-state index contributed by atoms with van der Waals surface area (Å²) in [5.41, 5.74) is 0. The molecule has 0 aliphatic heterocycles. The van der Waals surface area contributed by atoms with Crippen molar-refractivity contribution in [1.82, 2.24) is 0 Å². The molecule has 0 rings (SSSR count). The Labute approximate surface area is 78.8 Å². The minimum Gasteiger partial charge on any atom is -0.466 e. The van der Waals surface area contributed by atoms with Gasteiger partial charge >= 0.3 is 23.2 Å². The third kappa shape index (κ3) is 1.89. The number of carbonyl (C=O) groups excluding carboxylic acids is 1. The van der Waals surface area contributed by atoms with Crippen LogP contribution in [0, 0.1) is 0 Å². The molecule has 84 valence electrons. The molecule has 0 aromatic rings. The summed E-state index contributed by atoms with van der Waals surface area (Å²) in [7, 11) is 0.422. The van der Waals surface area contributed by atoms with Crippen LogP contribution in [0.4, 0.5) is 26.3 Å². The highest BCUT2D eigenvalue weighted by atomic mass is 35.5. The normalized spacial score (nSPS) is 17.4. The first-order chi connectivity index (χ1) is 5.98. The molecule has 0 N–H and O–H groups in total. The van der Waals surface area contributed by atoms with Crippen LogP contribution in [0.1, 0.15) is 0 Å². The second kappa shape index (κ2) is 3.48. The van der Waals surface area contributed by atoms with Crippen LogP contribution in [0.5, 0.6) is 0 Å². The first-order valence-electron chi connectivity index (χ1n) is 2.89. The van der Waals surface area contributed by atoms with Crippen LogP contribution in [0.15, 0.2) is 0 Å². The van der Waals surface area contributed by atoms with Crippen LogP contribution >= 0.6 is 11.6 Å². The lowest BCUT2D eigenvalue weighted by Gasteiger charge is -2.26. The Balaban J connectivity index is 5.18. The molecule has 0 heterocycles. The van der Waals surface area contributed by atoms with Crippen LogP contribution in [-0.2, 0) is 9.53 Å². The summed E-state index contributed by atoms with van der Waals surface area (Å²) in [5, 5.41) is -4.96. The van der Waals surface area contributed by atoms with E-state index in [-0.39, 0.29) is 0 Å². The monoisotopic (exact) mass is 244 g/mol. The highest BCUT2D eigenvalue weighted by molar-refractivity contribution is 6.33. The maximum absolute atomic E-state index is 12.6. The summed E-state index contributed by atoms with van der Waals surface area (Å²) < 4.78 is 75.0. The molecule has 1 unspecified atom stereocenters. The largest absolute Gasteiger partial charge is 0.466 e. The third-order valence-electron chi connectivity index (χ3n) is 1.19. The molecule has 14 heavy (non-hydrogen) atoms. The topological polar surface area (TPSA) is 26.3 Å². The molecule has 0 aliphatic carbocycles. The van der Waals surface area contributed by atoms with Gasteiger partial charge in [-0.1, -0.05) is 11.6 Å². The van der Waals surface area contributed by atoms with E-state index in [1.54, 1.807) is 0 Å². The molecule has 0 amide bonds. The molecule has 0 spiro atoms. The molecule has 0 aromatic carbocycles. The van der Waals surface area contributed by atoms with Gasteiger partial charge in [0.2, 0.25) is 0 Å². The maximum Gasteiger partial charge on any atom is 0.458 e. The Bertz CT molecular complexity index is 235. The van der Waals surface area contributed by atoms with Crippen LogP contribution in [0.2, 0.25) is 0 Å². The van der Waals surface area contributed by atoms with Crippen molar-refractivity contribution in [3.8, 4) is 0 Å². The van der Waals surface area contributed by atoms with Crippen molar-refractivity contribution in [2.45, 2.75) is 17.2 Å². The molecule has 0 saturated carbocycles. The Hall–Kier alpha value is -0.660. The number of hydrogen-bond acceptors (Lipinski definition) is 2. The van der Waals surface area contributed by atoms with E-state index in [0.29, 0.717) is 7.11 Å². The number of carbonyl (C=O) groups is 1. The first-order valence-corrected chi connectivity index (χ1v) is 3.27. The van der Waals surface area contributed by atoms with Gasteiger partial charge in [-0.15, -0.1) is 0 Å². The summed E-state index contributed by atoms with van der Waals surface area (Å²) in [5.74, 6) is -8.53. The summed E-state index contributed by atoms with van der Waals surface area (Å²) in [4.78, 5) is 10.2. The zero-order valence-corrected chi connectivity index (χ0v) is 7.22. The van der Waals surface area contributed by atoms with Crippen molar-refractivity contribution in [1.29, 1.82) is 0 Å². The van der Waals surface area contributed by atoms with Gasteiger partial charge in [-0.25, -0.2) is 9.18 Å². The highest BCUT2D eigenvalue weighted by Gasteiger charge is 2.75. The number of methoxy groups -OCH3 is 1. The summed E-state index contributed by atoms with van der Waals surface area (Å²) in [6, 6.07) is 0. The lowest BCUT2D eigenvalue weighted by atomic mass is 10.2. The summed E-state index contributed by atoms with van der Waals surface area (Å²) in [6.45, 7) is 0. The smallest absolute Gasteiger partial charge is 0.458 e. The van der Waals surface area contributed by atoms with Crippen LogP contribution in [0.25, 0.3) is 0 Å². The molecular formula is C5H3ClF6O2. The van der Waals surface area contributed by atoms with Crippen molar-refractivity contribution < 1.29 is 35.9 Å². The molecule has 0 fully saturated rings. The number of rotatable bonds is 2. The molecule has 0 bridgehead atoms. The standard InChI is InChI=1S/C5H3ClF6O2/c1-14-2(13)3(6,7)4(8,9)5(10,11)12/h1H3. The molecule has 0 aromatic heterocycles. The maximum atomic E-state index is 12.6. The number of ether oxygens (including phenoxy) is 1. The van der Waals surface area contributed by atoms with E-state index >= 15 is 0 Å². The predicted molar refractivity (Wildman–Crippen MR) is 32.7 cm³/mol. The SMILES string of the molecule is COC(=O)C(F)(Cl)C(F)(F)C(F)(F)F. The van der Waals surface area contributed by atoms with E-state index in [1.807, 2.05) is 0 Å². The molecule has 0 radical (unpaired) electrons. The Morgan fingerprint density at radius 3 is 1.71 bits per heavy atom. The van der Waals surface area contributed by atoms with Gasteiger partial charge in [-0.2, -0.15) is 22.0 Å². The van der Waals surface area contributed by atoms with Crippen molar-refractivity contribution in [3.05, 3.63) is 0 Å². The molecule has 9 heteroatoms. The fourth-order valence-electron chi connectivity index (χ4n) is 0.434. The molecular weight excluding hydrogens is 241 g/mol. The molecule has 1 atom stereocenters. The van der Waals surface area contributed by atoms with Crippen LogP contribution in [0.3, 0.4) is 0 Å². The van der Waals surface area contributed by atoms with E-state index in [9.17, 15) is 31.1 Å². The van der Waals surface area contributed by atoms with Crippen molar-refractivity contribution in [2.24, 2.45) is 0 Å². The van der Waals surface area contributed by atoms with E-state index in [2.05, 4.69) is 16.3 Å². The fourth-order valence-corrected chi connectivity index (χ4v) is 0.619. The first kappa shape index (κ1) is 13.3. The summed E-state index contributed by atoms with van der Waals surface area (Å²) >= 11 is 4.15. The van der Waals surface area contributed by atoms with E-state index in [4.69, 9.17) is 0 Å². The van der Waals surface area contributed by atoms with Gasteiger partial charge in [-0.05, 0) is 0 Å². The van der Waals surface area contributed by atoms with E-state index in [0.717, 1.165) is 0 Å². The zero-order chi connectivity index (χ0) is 11.8. The minimum absolute atomic E-state index is 0.422. The summed E-state index contributed by atoms with van der Waals surface area (Å²) in [6.07, 6.45) is -6.28. The van der Waals surface area contributed by atoms with Gasteiger partial charge in [0.1, 0.15) is 0 Å². The number of halogens is 7. The number of alkyl halides is 7. The fraction of sp³-hybridized carbons (Fsp3) is 0.800. The third-order valence-corrected chi connectivity index (χ3v) is 1.58. The van der Waals surface area contributed by atoms with Gasteiger partial charge in [0.25, 0.3) is 0 Å². The lowest BCUT2D eigenvalue weighted by Crippen LogP contribution is -2.55. The van der Waals surface area contributed by atoms with Crippen LogP contribution < -0.4 is 0 Å².